The Bertz CT molecular complexity index is 808. The highest BCUT2D eigenvalue weighted by Gasteiger charge is 2.31. The molecule has 2 atom stereocenters. The molecular formula is C18H23N5O. The molecule has 2 aromatic heterocycles. The van der Waals surface area contributed by atoms with Crippen molar-refractivity contribution in [2.45, 2.75) is 32.5 Å². The Hall–Kier alpha value is -2.18. The number of fused-ring (bicyclic) bond motifs is 1. The quantitative estimate of drug-likeness (QED) is 0.731. The fourth-order valence-electron chi connectivity index (χ4n) is 3.59. The van der Waals surface area contributed by atoms with E-state index in [2.05, 4.69) is 51.8 Å². The minimum atomic E-state index is 0.142. The van der Waals surface area contributed by atoms with Crippen LogP contribution in [-0.4, -0.2) is 33.1 Å². The molecule has 3 aromatic rings. The average Bonchev–Trinajstić information content (AvgIpc) is 3.34. The molecule has 2 N–H and O–H groups in total. The predicted octanol–water partition coefficient (Wildman–Crippen LogP) is 2.65. The number of para-hydroxylation sites is 1. The van der Waals surface area contributed by atoms with Crippen molar-refractivity contribution in [2.75, 3.05) is 13.2 Å². The van der Waals surface area contributed by atoms with Crippen LogP contribution < -0.4 is 5.32 Å². The second-order valence-corrected chi connectivity index (χ2v) is 6.29. The Morgan fingerprint density at radius 3 is 3.25 bits per heavy atom. The summed E-state index contributed by atoms with van der Waals surface area (Å²) in [6.45, 7) is 5.58. The third-order valence-corrected chi connectivity index (χ3v) is 4.84. The highest BCUT2D eigenvalue weighted by atomic mass is 16.5. The number of aromatic amines is 1. The first-order valence-corrected chi connectivity index (χ1v) is 8.62. The van der Waals surface area contributed by atoms with Crippen LogP contribution in [0.1, 0.15) is 30.7 Å². The number of hydrogen-bond acceptors (Lipinski definition) is 4. The van der Waals surface area contributed by atoms with Crippen LogP contribution in [0.3, 0.4) is 0 Å². The van der Waals surface area contributed by atoms with Crippen LogP contribution in [0.2, 0.25) is 0 Å². The Kier molecular flexibility index (Phi) is 4.32. The lowest BCUT2D eigenvalue weighted by molar-refractivity contribution is 0.0830. The Labute approximate surface area is 141 Å². The molecule has 1 saturated heterocycles. The standard InChI is InChI=1S/C18H23N5O/c1-2-23-16(6-8-21-23)18-15(7-9-24-18)11-19-10-13-4-3-5-14-12-20-22-17(13)14/h3-6,8,12,15,18-19H,2,7,9-11H2,1H3,(H,20,22)/t15-,18+/m0/s1. The average molecular weight is 325 g/mol. The molecule has 0 saturated carbocycles. The molecule has 126 valence electrons. The van der Waals surface area contributed by atoms with E-state index in [0.717, 1.165) is 43.6 Å². The van der Waals surface area contributed by atoms with Gasteiger partial charge in [0.15, 0.2) is 0 Å². The van der Waals surface area contributed by atoms with E-state index in [1.807, 2.05) is 17.1 Å². The summed E-state index contributed by atoms with van der Waals surface area (Å²) >= 11 is 0. The molecule has 0 amide bonds. The minimum Gasteiger partial charge on any atom is -0.372 e. The van der Waals surface area contributed by atoms with E-state index >= 15 is 0 Å². The van der Waals surface area contributed by atoms with Gasteiger partial charge in [-0.1, -0.05) is 18.2 Å². The first-order chi connectivity index (χ1) is 11.9. The number of aromatic nitrogens is 4. The lowest BCUT2D eigenvalue weighted by atomic mass is 9.98. The highest BCUT2D eigenvalue weighted by molar-refractivity contribution is 5.81. The molecule has 0 aliphatic carbocycles. The first kappa shape index (κ1) is 15.4. The van der Waals surface area contributed by atoms with E-state index in [1.165, 1.54) is 11.3 Å². The molecule has 0 bridgehead atoms. The third-order valence-electron chi connectivity index (χ3n) is 4.84. The summed E-state index contributed by atoms with van der Waals surface area (Å²) in [5.74, 6) is 0.480. The van der Waals surface area contributed by atoms with Gasteiger partial charge in [0, 0.05) is 43.7 Å². The van der Waals surface area contributed by atoms with Crippen LogP contribution in [0.15, 0.2) is 36.7 Å². The molecule has 6 heteroatoms. The number of ether oxygens (including phenoxy) is 1. The van der Waals surface area contributed by atoms with Gasteiger partial charge in [0.25, 0.3) is 0 Å². The van der Waals surface area contributed by atoms with Crippen molar-refractivity contribution in [3.05, 3.63) is 47.9 Å². The highest BCUT2D eigenvalue weighted by Crippen LogP contribution is 2.34. The zero-order chi connectivity index (χ0) is 16.4. The number of benzene rings is 1. The third kappa shape index (κ3) is 2.83. The summed E-state index contributed by atoms with van der Waals surface area (Å²) in [5.41, 5.74) is 3.56. The lowest BCUT2D eigenvalue weighted by Gasteiger charge is -2.20. The van der Waals surface area contributed by atoms with Crippen molar-refractivity contribution in [1.29, 1.82) is 0 Å². The van der Waals surface area contributed by atoms with Gasteiger partial charge in [-0.15, -0.1) is 0 Å². The SMILES string of the molecule is CCn1nccc1[C@@H]1OCC[C@H]1CNCc1cccc2cn[nH]c12. The van der Waals surface area contributed by atoms with Gasteiger partial charge in [-0.3, -0.25) is 9.78 Å². The van der Waals surface area contributed by atoms with Gasteiger partial charge >= 0.3 is 0 Å². The summed E-state index contributed by atoms with van der Waals surface area (Å²) in [6.07, 6.45) is 4.96. The smallest absolute Gasteiger partial charge is 0.103 e. The van der Waals surface area contributed by atoms with Crippen molar-refractivity contribution in [3.63, 3.8) is 0 Å². The molecule has 3 heterocycles. The van der Waals surface area contributed by atoms with Crippen molar-refractivity contribution in [2.24, 2.45) is 5.92 Å². The van der Waals surface area contributed by atoms with Crippen molar-refractivity contribution < 1.29 is 4.74 Å². The predicted molar refractivity (Wildman–Crippen MR) is 92.5 cm³/mol. The summed E-state index contributed by atoms with van der Waals surface area (Å²) in [7, 11) is 0. The first-order valence-electron chi connectivity index (χ1n) is 8.62. The second-order valence-electron chi connectivity index (χ2n) is 6.29. The van der Waals surface area contributed by atoms with Crippen molar-refractivity contribution >= 4 is 10.9 Å². The van der Waals surface area contributed by atoms with Crippen molar-refractivity contribution in [1.82, 2.24) is 25.3 Å². The topological polar surface area (TPSA) is 67.8 Å². The van der Waals surface area contributed by atoms with E-state index in [0.29, 0.717) is 5.92 Å². The molecule has 1 fully saturated rings. The largest absolute Gasteiger partial charge is 0.372 e. The summed E-state index contributed by atoms with van der Waals surface area (Å²) in [4.78, 5) is 0. The van der Waals surface area contributed by atoms with Crippen LogP contribution in [-0.2, 0) is 17.8 Å². The van der Waals surface area contributed by atoms with Gasteiger partial charge < -0.3 is 10.1 Å². The zero-order valence-corrected chi connectivity index (χ0v) is 13.9. The van der Waals surface area contributed by atoms with Crippen molar-refractivity contribution in [3.8, 4) is 0 Å². The van der Waals surface area contributed by atoms with Gasteiger partial charge in [0.2, 0.25) is 0 Å². The van der Waals surface area contributed by atoms with E-state index < -0.39 is 0 Å². The molecule has 6 nitrogen and oxygen atoms in total. The summed E-state index contributed by atoms with van der Waals surface area (Å²) in [5, 5.41) is 16.3. The van der Waals surface area contributed by atoms with Crippen LogP contribution in [0.25, 0.3) is 10.9 Å². The van der Waals surface area contributed by atoms with Gasteiger partial charge in [-0.25, -0.2) is 0 Å². The monoisotopic (exact) mass is 325 g/mol. The van der Waals surface area contributed by atoms with E-state index in [1.54, 1.807) is 0 Å². The molecule has 0 radical (unpaired) electrons. The number of aryl methyl sites for hydroxylation is 1. The zero-order valence-electron chi connectivity index (χ0n) is 13.9. The van der Waals surface area contributed by atoms with E-state index in [4.69, 9.17) is 4.74 Å². The lowest BCUT2D eigenvalue weighted by Crippen LogP contribution is -2.25. The van der Waals surface area contributed by atoms with Crippen LogP contribution >= 0.6 is 0 Å². The van der Waals surface area contributed by atoms with Crippen LogP contribution in [0.4, 0.5) is 0 Å². The Morgan fingerprint density at radius 2 is 2.33 bits per heavy atom. The molecule has 0 spiro atoms. The number of nitrogens with zero attached hydrogens (tertiary/aromatic N) is 3. The fourth-order valence-corrected chi connectivity index (χ4v) is 3.59. The maximum atomic E-state index is 6.00. The van der Waals surface area contributed by atoms with E-state index in [9.17, 15) is 0 Å². The van der Waals surface area contributed by atoms with E-state index in [-0.39, 0.29) is 6.10 Å². The molecule has 24 heavy (non-hydrogen) atoms. The molecule has 0 unspecified atom stereocenters. The van der Waals surface area contributed by atoms with Crippen LogP contribution in [0.5, 0.6) is 0 Å². The van der Waals surface area contributed by atoms with Gasteiger partial charge in [0.05, 0.1) is 17.4 Å². The Balaban J connectivity index is 1.41. The minimum absolute atomic E-state index is 0.142. The number of rotatable bonds is 6. The van der Waals surface area contributed by atoms with Gasteiger partial charge in [-0.05, 0) is 25.0 Å². The van der Waals surface area contributed by atoms with Gasteiger partial charge in [0.1, 0.15) is 6.10 Å². The van der Waals surface area contributed by atoms with Crippen LogP contribution in [0, 0.1) is 5.92 Å². The molecular weight excluding hydrogens is 302 g/mol. The molecule has 1 aliphatic heterocycles. The maximum Gasteiger partial charge on any atom is 0.103 e. The number of nitrogens with one attached hydrogen (secondary N) is 2. The summed E-state index contributed by atoms with van der Waals surface area (Å²) < 4.78 is 8.03. The molecule has 1 aliphatic rings. The fraction of sp³-hybridized carbons (Fsp3) is 0.444. The summed E-state index contributed by atoms with van der Waals surface area (Å²) in [6, 6.07) is 8.38. The normalized spacial score (nSPS) is 20.9. The molecule has 4 rings (SSSR count). The number of hydrogen-bond donors (Lipinski definition) is 2. The second kappa shape index (κ2) is 6.75. The maximum absolute atomic E-state index is 6.00. The number of H-pyrrole nitrogens is 1. The molecule has 1 aromatic carbocycles. The van der Waals surface area contributed by atoms with Gasteiger partial charge in [-0.2, -0.15) is 10.2 Å². The Morgan fingerprint density at radius 1 is 1.38 bits per heavy atom.